The van der Waals surface area contributed by atoms with Crippen LogP contribution in [-0.2, 0) is 4.43 Å². The summed E-state index contributed by atoms with van der Waals surface area (Å²) in [4.78, 5) is 0. The predicted molar refractivity (Wildman–Crippen MR) is 92.8 cm³/mol. The zero-order valence-corrected chi connectivity index (χ0v) is 16.0. The topological polar surface area (TPSA) is 9.23 Å². The van der Waals surface area contributed by atoms with Crippen LogP contribution in [0.1, 0.15) is 51.5 Å². The molecule has 1 aliphatic carbocycles. The first-order valence-corrected chi connectivity index (χ1v) is 11.3. The third kappa shape index (κ3) is 3.37. The molecule has 0 bridgehead atoms. The van der Waals surface area contributed by atoms with Crippen molar-refractivity contribution >= 4 is 24.2 Å². The molecule has 0 aliphatic heterocycles. The van der Waals surface area contributed by atoms with Gasteiger partial charge < -0.3 is 4.43 Å². The quantitative estimate of drug-likeness (QED) is 0.595. The molecule has 0 radical (unpaired) electrons. The third-order valence-corrected chi connectivity index (χ3v) is 10.2. The van der Waals surface area contributed by atoms with Crippen LogP contribution in [0.3, 0.4) is 0 Å². The van der Waals surface area contributed by atoms with Gasteiger partial charge in [0.1, 0.15) is 0 Å². The zero-order chi connectivity index (χ0) is 15.0. The lowest BCUT2D eigenvalue weighted by atomic mass is 9.96. The van der Waals surface area contributed by atoms with Crippen LogP contribution in [0.15, 0.2) is 28.7 Å². The Labute approximate surface area is 133 Å². The number of hydrogen-bond donors (Lipinski definition) is 0. The highest BCUT2D eigenvalue weighted by molar-refractivity contribution is 9.10. The molecule has 2 atom stereocenters. The van der Waals surface area contributed by atoms with Crippen molar-refractivity contribution in [1.29, 1.82) is 0 Å². The molecule has 3 heteroatoms. The Morgan fingerprint density at radius 2 is 1.80 bits per heavy atom. The van der Waals surface area contributed by atoms with E-state index >= 15 is 0 Å². The standard InChI is InChI=1S/C17H27BrOSi/c1-17(2,3)20(4,5)19-16-12-8-10-14(16)13-9-6-7-11-15(13)18/h6-7,9,11,14,16H,8,10,12H2,1-5H3/t14-,16+/m0/s1. The molecule has 1 nitrogen and oxygen atoms in total. The van der Waals surface area contributed by atoms with Gasteiger partial charge in [0.05, 0.1) is 6.10 Å². The zero-order valence-electron chi connectivity index (χ0n) is 13.4. The molecule has 0 heterocycles. The van der Waals surface area contributed by atoms with Gasteiger partial charge in [-0.3, -0.25) is 0 Å². The smallest absolute Gasteiger partial charge is 0.192 e. The van der Waals surface area contributed by atoms with Crippen LogP contribution in [0.5, 0.6) is 0 Å². The van der Waals surface area contributed by atoms with Gasteiger partial charge in [0, 0.05) is 10.4 Å². The molecule has 1 aromatic rings. The summed E-state index contributed by atoms with van der Waals surface area (Å²) in [5.41, 5.74) is 1.42. The first-order valence-electron chi connectivity index (χ1n) is 7.64. The minimum absolute atomic E-state index is 0.286. The fourth-order valence-electron chi connectivity index (χ4n) is 2.75. The fourth-order valence-corrected chi connectivity index (χ4v) is 4.73. The largest absolute Gasteiger partial charge is 0.413 e. The van der Waals surface area contributed by atoms with Gasteiger partial charge in [0.2, 0.25) is 0 Å². The molecule has 112 valence electrons. The second-order valence-electron chi connectivity index (χ2n) is 7.48. The normalized spacial score (nSPS) is 24.1. The molecule has 0 amide bonds. The minimum Gasteiger partial charge on any atom is -0.413 e. The van der Waals surface area contributed by atoms with Crippen molar-refractivity contribution in [2.75, 3.05) is 0 Å². The van der Waals surface area contributed by atoms with Crippen molar-refractivity contribution in [3.63, 3.8) is 0 Å². The molecule has 0 saturated heterocycles. The molecular weight excluding hydrogens is 328 g/mol. The summed E-state index contributed by atoms with van der Waals surface area (Å²) in [7, 11) is -1.68. The van der Waals surface area contributed by atoms with E-state index in [1.807, 2.05) is 0 Å². The first kappa shape index (κ1) is 16.3. The summed E-state index contributed by atoms with van der Waals surface area (Å²) in [5, 5.41) is 0.286. The van der Waals surface area contributed by atoms with E-state index in [0.29, 0.717) is 12.0 Å². The van der Waals surface area contributed by atoms with Gasteiger partial charge in [-0.2, -0.15) is 0 Å². The van der Waals surface area contributed by atoms with Gasteiger partial charge in [-0.15, -0.1) is 0 Å². The average molecular weight is 355 g/mol. The lowest BCUT2D eigenvalue weighted by molar-refractivity contribution is 0.170. The highest BCUT2D eigenvalue weighted by atomic mass is 79.9. The summed E-state index contributed by atoms with van der Waals surface area (Å²) in [6.45, 7) is 11.7. The molecular formula is C17H27BrOSi. The van der Waals surface area contributed by atoms with Crippen LogP contribution in [0.25, 0.3) is 0 Å². The molecule has 20 heavy (non-hydrogen) atoms. The summed E-state index contributed by atoms with van der Waals surface area (Å²) in [5.74, 6) is 0.555. The van der Waals surface area contributed by atoms with E-state index in [1.165, 1.54) is 29.3 Å². The first-order chi connectivity index (χ1) is 9.22. The van der Waals surface area contributed by atoms with Crippen molar-refractivity contribution in [3.8, 4) is 0 Å². The van der Waals surface area contributed by atoms with Crippen LogP contribution in [0.2, 0.25) is 18.1 Å². The molecule has 0 N–H and O–H groups in total. The summed E-state index contributed by atoms with van der Waals surface area (Å²) in [6, 6.07) is 8.63. The SMILES string of the molecule is CC(C)(C)[Si](C)(C)O[C@@H]1CCC[C@H]1c1ccccc1Br. The number of benzene rings is 1. The summed E-state index contributed by atoms with van der Waals surface area (Å²) >= 11 is 3.71. The number of halogens is 1. The highest BCUT2D eigenvalue weighted by Crippen LogP contribution is 2.44. The van der Waals surface area contributed by atoms with Gasteiger partial charge in [0.15, 0.2) is 8.32 Å². The monoisotopic (exact) mass is 354 g/mol. The Kier molecular flexibility index (Phi) is 4.82. The molecule has 0 unspecified atom stereocenters. The van der Waals surface area contributed by atoms with Crippen molar-refractivity contribution in [3.05, 3.63) is 34.3 Å². The van der Waals surface area contributed by atoms with Crippen molar-refractivity contribution in [2.24, 2.45) is 0 Å². The van der Waals surface area contributed by atoms with Crippen molar-refractivity contribution in [1.82, 2.24) is 0 Å². The molecule has 0 spiro atoms. The molecule has 1 aromatic carbocycles. The van der Waals surface area contributed by atoms with Gasteiger partial charge in [0.25, 0.3) is 0 Å². The molecule has 2 rings (SSSR count). The van der Waals surface area contributed by atoms with Crippen LogP contribution in [-0.4, -0.2) is 14.4 Å². The Morgan fingerprint density at radius 1 is 1.15 bits per heavy atom. The van der Waals surface area contributed by atoms with E-state index in [-0.39, 0.29) is 5.04 Å². The van der Waals surface area contributed by atoms with Crippen LogP contribution >= 0.6 is 15.9 Å². The Hall–Kier alpha value is -0.123. The van der Waals surface area contributed by atoms with E-state index in [1.54, 1.807) is 0 Å². The maximum Gasteiger partial charge on any atom is 0.192 e. The average Bonchev–Trinajstić information content (AvgIpc) is 2.75. The highest BCUT2D eigenvalue weighted by Gasteiger charge is 2.42. The van der Waals surface area contributed by atoms with Gasteiger partial charge >= 0.3 is 0 Å². The van der Waals surface area contributed by atoms with Gasteiger partial charge in [-0.1, -0.05) is 61.3 Å². The van der Waals surface area contributed by atoms with E-state index in [0.717, 1.165) is 0 Å². The Balaban J connectivity index is 2.19. The summed E-state index contributed by atoms with van der Waals surface area (Å²) in [6.07, 6.45) is 4.14. The van der Waals surface area contributed by atoms with E-state index in [9.17, 15) is 0 Å². The van der Waals surface area contributed by atoms with Crippen LogP contribution in [0.4, 0.5) is 0 Å². The Morgan fingerprint density at radius 3 is 2.40 bits per heavy atom. The molecule has 1 saturated carbocycles. The maximum absolute atomic E-state index is 6.70. The lowest BCUT2D eigenvalue weighted by Gasteiger charge is -2.40. The molecule has 0 aromatic heterocycles. The van der Waals surface area contributed by atoms with E-state index in [2.05, 4.69) is 74.1 Å². The molecule has 1 aliphatic rings. The Bertz CT molecular complexity index is 464. The second-order valence-corrected chi connectivity index (χ2v) is 13.1. The maximum atomic E-state index is 6.70. The predicted octanol–water partition coefficient (Wildman–Crippen LogP) is 6.11. The van der Waals surface area contributed by atoms with Crippen LogP contribution in [0, 0.1) is 0 Å². The number of hydrogen-bond acceptors (Lipinski definition) is 1. The second kappa shape index (κ2) is 5.94. The fraction of sp³-hybridized carbons (Fsp3) is 0.647. The van der Waals surface area contributed by atoms with Gasteiger partial charge in [-0.25, -0.2) is 0 Å². The van der Waals surface area contributed by atoms with Crippen LogP contribution < -0.4 is 0 Å². The van der Waals surface area contributed by atoms with E-state index < -0.39 is 8.32 Å². The number of rotatable bonds is 3. The van der Waals surface area contributed by atoms with Gasteiger partial charge in [-0.05, 0) is 42.6 Å². The van der Waals surface area contributed by atoms with E-state index in [4.69, 9.17) is 4.43 Å². The minimum atomic E-state index is -1.68. The third-order valence-electron chi connectivity index (χ3n) is 5.01. The van der Waals surface area contributed by atoms with Crippen molar-refractivity contribution < 1.29 is 4.43 Å². The lowest BCUT2D eigenvalue weighted by Crippen LogP contribution is -2.44. The molecule has 1 fully saturated rings. The van der Waals surface area contributed by atoms with Crippen molar-refractivity contribution in [2.45, 2.75) is 70.2 Å². The summed E-state index contributed by atoms with van der Waals surface area (Å²) < 4.78 is 7.94.